The van der Waals surface area contributed by atoms with Crippen molar-refractivity contribution in [2.24, 2.45) is 0 Å². The molecule has 0 fully saturated rings. The molecule has 132 valence electrons. The van der Waals surface area contributed by atoms with Gasteiger partial charge >= 0.3 is 6.03 Å². The number of aromatic nitrogens is 1. The fourth-order valence-corrected chi connectivity index (χ4v) is 3.65. The molecule has 0 radical (unpaired) electrons. The number of carbonyl (C=O) groups is 2. The van der Waals surface area contributed by atoms with Crippen molar-refractivity contribution in [1.29, 1.82) is 0 Å². The normalized spacial score (nSPS) is 19.7. The summed E-state index contributed by atoms with van der Waals surface area (Å²) in [6.07, 6.45) is 3.44. The lowest BCUT2D eigenvalue weighted by atomic mass is 9.95. The molecule has 7 heteroatoms. The summed E-state index contributed by atoms with van der Waals surface area (Å²) in [5.41, 5.74) is 2.95. The molecule has 0 bridgehead atoms. The number of benzene rings is 1. The number of hydrogen-bond acceptors (Lipinski definition) is 3. The van der Waals surface area contributed by atoms with Crippen LogP contribution in [0, 0.1) is 0 Å². The van der Waals surface area contributed by atoms with Crippen LogP contribution >= 0.6 is 11.6 Å². The summed E-state index contributed by atoms with van der Waals surface area (Å²) < 4.78 is 0. The number of likely N-dealkylation sites (N-methyl/N-ethyl adjacent to an activating group) is 1. The van der Waals surface area contributed by atoms with Crippen LogP contribution < -0.4 is 5.32 Å². The predicted octanol–water partition coefficient (Wildman–Crippen LogP) is 2.73. The van der Waals surface area contributed by atoms with Gasteiger partial charge in [-0.2, -0.15) is 0 Å². The fraction of sp³-hybridized carbons (Fsp3) is 0.211. The molecule has 1 unspecified atom stereocenters. The minimum Gasteiger partial charge on any atom is -0.329 e. The smallest absolute Gasteiger partial charge is 0.322 e. The maximum Gasteiger partial charge on any atom is 0.322 e. The maximum absolute atomic E-state index is 13.1. The van der Waals surface area contributed by atoms with E-state index in [1.54, 1.807) is 30.4 Å². The zero-order valence-electron chi connectivity index (χ0n) is 14.1. The quantitative estimate of drug-likeness (QED) is 0.905. The molecule has 3 heterocycles. The van der Waals surface area contributed by atoms with E-state index in [4.69, 9.17) is 11.6 Å². The van der Waals surface area contributed by atoms with E-state index in [-0.39, 0.29) is 11.9 Å². The number of urea groups is 1. The first-order valence-electron chi connectivity index (χ1n) is 8.26. The molecule has 26 heavy (non-hydrogen) atoms. The second-order valence-electron chi connectivity index (χ2n) is 6.35. The molecule has 1 aromatic carbocycles. The van der Waals surface area contributed by atoms with Gasteiger partial charge in [-0.15, -0.1) is 0 Å². The zero-order chi connectivity index (χ0) is 18.3. The Bertz CT molecular complexity index is 913. The summed E-state index contributed by atoms with van der Waals surface area (Å²) >= 11 is 6.33. The standard InChI is InChI=1S/C19H17ClN4O2/c1-23-15-11-24(10-12-5-4-8-21-9-12)18(25)16(15)17(22-19(23)26)13-6-2-3-7-14(13)20/h2-9,17H,10-11H2,1H3,(H,22,26). The molecule has 6 nitrogen and oxygen atoms in total. The molecular formula is C19H17ClN4O2. The fourth-order valence-electron chi connectivity index (χ4n) is 3.41. The van der Waals surface area contributed by atoms with E-state index in [0.29, 0.717) is 29.4 Å². The molecule has 4 rings (SSSR count). The van der Waals surface area contributed by atoms with Crippen molar-refractivity contribution in [1.82, 2.24) is 20.1 Å². The van der Waals surface area contributed by atoms with E-state index < -0.39 is 6.04 Å². The van der Waals surface area contributed by atoms with Crippen LogP contribution in [0.2, 0.25) is 5.02 Å². The molecule has 3 amide bonds. The van der Waals surface area contributed by atoms with Crippen molar-refractivity contribution in [3.63, 3.8) is 0 Å². The Kier molecular flexibility index (Phi) is 4.12. The van der Waals surface area contributed by atoms with Gasteiger partial charge < -0.3 is 10.2 Å². The lowest BCUT2D eigenvalue weighted by Crippen LogP contribution is -2.45. The Balaban J connectivity index is 1.70. The van der Waals surface area contributed by atoms with Crippen LogP contribution in [0.1, 0.15) is 17.2 Å². The van der Waals surface area contributed by atoms with Crippen molar-refractivity contribution >= 4 is 23.5 Å². The first kappa shape index (κ1) is 16.6. The van der Waals surface area contributed by atoms with Gasteiger partial charge in [0.1, 0.15) is 0 Å². The van der Waals surface area contributed by atoms with Crippen molar-refractivity contribution in [2.45, 2.75) is 12.6 Å². The molecule has 0 aliphatic carbocycles. The lowest BCUT2D eigenvalue weighted by Gasteiger charge is -2.31. The monoisotopic (exact) mass is 368 g/mol. The van der Waals surface area contributed by atoms with Gasteiger partial charge in [0.25, 0.3) is 5.91 Å². The first-order valence-corrected chi connectivity index (χ1v) is 8.64. The van der Waals surface area contributed by atoms with E-state index in [9.17, 15) is 9.59 Å². The van der Waals surface area contributed by atoms with Gasteiger partial charge in [0.2, 0.25) is 0 Å². The average Bonchev–Trinajstić information content (AvgIpc) is 2.97. The van der Waals surface area contributed by atoms with Gasteiger partial charge in [0, 0.05) is 31.0 Å². The molecule has 2 aromatic rings. The highest BCUT2D eigenvalue weighted by Gasteiger charge is 2.43. The van der Waals surface area contributed by atoms with Crippen LogP contribution in [0.15, 0.2) is 60.1 Å². The average molecular weight is 369 g/mol. The van der Waals surface area contributed by atoms with Crippen molar-refractivity contribution < 1.29 is 9.59 Å². The third kappa shape index (κ3) is 2.72. The van der Waals surface area contributed by atoms with E-state index in [0.717, 1.165) is 11.1 Å². The van der Waals surface area contributed by atoms with E-state index in [1.807, 2.05) is 30.3 Å². The van der Waals surface area contributed by atoms with Gasteiger partial charge in [0.15, 0.2) is 0 Å². The molecule has 0 saturated carbocycles. The minimum absolute atomic E-state index is 0.0966. The molecule has 2 aliphatic heterocycles. The van der Waals surface area contributed by atoms with Gasteiger partial charge in [-0.3, -0.25) is 14.7 Å². The van der Waals surface area contributed by atoms with E-state index in [2.05, 4.69) is 10.3 Å². The summed E-state index contributed by atoms with van der Waals surface area (Å²) in [5, 5.41) is 3.42. The highest BCUT2D eigenvalue weighted by Crippen LogP contribution is 2.38. The molecule has 0 spiro atoms. The molecule has 1 aromatic heterocycles. The molecule has 2 aliphatic rings. The van der Waals surface area contributed by atoms with Gasteiger partial charge in [-0.05, 0) is 23.3 Å². The minimum atomic E-state index is -0.547. The van der Waals surface area contributed by atoms with Crippen molar-refractivity contribution in [2.75, 3.05) is 13.6 Å². The van der Waals surface area contributed by atoms with E-state index in [1.165, 1.54) is 4.90 Å². The second kappa shape index (κ2) is 6.46. The Morgan fingerprint density at radius 1 is 1.23 bits per heavy atom. The number of rotatable bonds is 3. The number of nitrogens with one attached hydrogen (secondary N) is 1. The van der Waals surface area contributed by atoms with Crippen LogP contribution in [-0.4, -0.2) is 40.3 Å². The van der Waals surface area contributed by atoms with Crippen LogP contribution in [0.3, 0.4) is 0 Å². The van der Waals surface area contributed by atoms with Crippen LogP contribution in [0.5, 0.6) is 0 Å². The summed E-state index contributed by atoms with van der Waals surface area (Å²) in [7, 11) is 1.67. The van der Waals surface area contributed by atoms with Crippen molar-refractivity contribution in [3.8, 4) is 0 Å². The van der Waals surface area contributed by atoms with Gasteiger partial charge in [-0.25, -0.2) is 4.79 Å². The van der Waals surface area contributed by atoms with E-state index >= 15 is 0 Å². The predicted molar refractivity (Wildman–Crippen MR) is 97.2 cm³/mol. The number of hydrogen-bond donors (Lipinski definition) is 1. The van der Waals surface area contributed by atoms with Crippen LogP contribution in [0.25, 0.3) is 0 Å². The summed E-state index contributed by atoms with van der Waals surface area (Å²) in [6.45, 7) is 0.824. The van der Waals surface area contributed by atoms with Crippen molar-refractivity contribution in [3.05, 3.63) is 76.2 Å². The number of nitrogens with zero attached hydrogens (tertiary/aromatic N) is 3. The van der Waals surface area contributed by atoms with Crippen LogP contribution in [-0.2, 0) is 11.3 Å². The summed E-state index contributed by atoms with van der Waals surface area (Å²) in [5.74, 6) is -0.0966. The Hall–Kier alpha value is -2.86. The highest BCUT2D eigenvalue weighted by atomic mass is 35.5. The third-order valence-corrected chi connectivity index (χ3v) is 5.09. The molecular weight excluding hydrogens is 352 g/mol. The van der Waals surface area contributed by atoms with Crippen LogP contribution in [0.4, 0.5) is 4.79 Å². The lowest BCUT2D eigenvalue weighted by molar-refractivity contribution is -0.126. The SMILES string of the molecule is CN1C(=O)NC(c2ccccc2Cl)C2=C1CN(Cc1cccnc1)C2=O. The Morgan fingerprint density at radius 3 is 2.77 bits per heavy atom. The number of halogens is 1. The third-order valence-electron chi connectivity index (χ3n) is 4.75. The molecule has 1 atom stereocenters. The highest BCUT2D eigenvalue weighted by molar-refractivity contribution is 6.31. The topological polar surface area (TPSA) is 65.5 Å². The number of pyridine rings is 1. The largest absolute Gasteiger partial charge is 0.329 e. The second-order valence-corrected chi connectivity index (χ2v) is 6.75. The zero-order valence-corrected chi connectivity index (χ0v) is 14.9. The van der Waals surface area contributed by atoms with Gasteiger partial charge in [-0.1, -0.05) is 35.9 Å². The number of amides is 3. The van der Waals surface area contributed by atoms with Gasteiger partial charge in [0.05, 0.1) is 23.9 Å². The first-order chi connectivity index (χ1) is 12.6. The maximum atomic E-state index is 13.1. The molecule has 0 saturated heterocycles. The Morgan fingerprint density at radius 2 is 2.04 bits per heavy atom. The Labute approximate surface area is 156 Å². The summed E-state index contributed by atoms with van der Waals surface area (Å²) in [6, 6.07) is 10.2. The number of carbonyl (C=O) groups excluding carboxylic acids is 2. The summed E-state index contributed by atoms with van der Waals surface area (Å²) in [4.78, 5) is 32.8. The molecule has 1 N–H and O–H groups in total.